The predicted octanol–water partition coefficient (Wildman–Crippen LogP) is 3.12. The van der Waals surface area contributed by atoms with Crippen LogP contribution in [0.15, 0.2) is 16.6 Å². The van der Waals surface area contributed by atoms with Crippen LogP contribution < -0.4 is 5.32 Å². The molecule has 0 saturated heterocycles. The fraction of sp³-hybridized carbons (Fsp3) is 0.429. The lowest BCUT2D eigenvalue weighted by atomic mass is 9.85. The minimum atomic E-state index is -1.11. The van der Waals surface area contributed by atoms with Crippen LogP contribution in [0.5, 0.6) is 0 Å². The van der Waals surface area contributed by atoms with Crippen LogP contribution in [0.4, 0.5) is 10.1 Å². The highest BCUT2D eigenvalue weighted by Crippen LogP contribution is 2.31. The zero-order chi connectivity index (χ0) is 17.9. The molecule has 0 radical (unpaired) electrons. The minimum Gasteiger partial charge on any atom is -0.481 e. The van der Waals surface area contributed by atoms with Crippen LogP contribution >= 0.6 is 15.9 Å². The third-order valence-electron chi connectivity index (χ3n) is 3.65. The first-order valence-electron chi connectivity index (χ1n) is 6.65. The van der Waals surface area contributed by atoms with Crippen LogP contribution in [-0.2, 0) is 4.79 Å². The number of rotatable bonds is 6. The van der Waals surface area contributed by atoms with Gasteiger partial charge < -0.3 is 10.4 Å². The van der Waals surface area contributed by atoms with Gasteiger partial charge in [-0.25, -0.2) is 4.39 Å². The van der Waals surface area contributed by atoms with E-state index in [2.05, 4.69) is 21.2 Å². The number of nitrogens with one attached hydrogen (secondary N) is 1. The Bertz CT molecular complexity index is 665. The van der Waals surface area contributed by atoms with E-state index >= 15 is 0 Å². The van der Waals surface area contributed by atoms with Crippen LogP contribution in [0.1, 0.15) is 37.6 Å². The van der Waals surface area contributed by atoms with Crippen molar-refractivity contribution in [3.63, 3.8) is 0 Å². The van der Waals surface area contributed by atoms with E-state index in [1.165, 1.54) is 0 Å². The molecule has 126 valence electrons. The summed E-state index contributed by atoms with van der Waals surface area (Å²) >= 11 is 2.93. The van der Waals surface area contributed by atoms with Crippen LogP contribution in [0.25, 0.3) is 0 Å². The summed E-state index contributed by atoms with van der Waals surface area (Å²) in [6.45, 7) is 5.00. The summed E-state index contributed by atoms with van der Waals surface area (Å²) in [5.41, 5.74) is -1.95. The number of nitrogens with zero attached hydrogens (tertiary/aromatic N) is 1. The molecule has 0 aromatic heterocycles. The van der Waals surface area contributed by atoms with Gasteiger partial charge in [0.25, 0.3) is 11.6 Å². The molecule has 1 atom stereocenters. The van der Waals surface area contributed by atoms with Gasteiger partial charge in [-0.1, -0.05) is 13.8 Å². The number of aliphatic carboxylic acids is 1. The molecule has 2 N–H and O–H groups in total. The molecule has 0 aliphatic heterocycles. The first-order chi connectivity index (χ1) is 10.5. The molecule has 0 aliphatic rings. The van der Waals surface area contributed by atoms with Crippen molar-refractivity contribution in [3.8, 4) is 0 Å². The standard InChI is InChI=1S/C14H16BrFN2O5/c1-7(2)14(3,6-11(19)20)17-13(21)9-4-8(16)5-10(12(9)15)18(22)23/h4-5,7H,6H2,1-3H3,(H,17,21)(H,19,20). The molecule has 1 amide bonds. The molecule has 1 aromatic rings. The fourth-order valence-electron chi connectivity index (χ4n) is 1.91. The molecule has 1 unspecified atom stereocenters. The molecule has 0 saturated carbocycles. The average molecular weight is 391 g/mol. The van der Waals surface area contributed by atoms with E-state index in [4.69, 9.17) is 5.11 Å². The molecule has 0 bridgehead atoms. The zero-order valence-electron chi connectivity index (χ0n) is 12.7. The number of nitro groups is 1. The zero-order valence-corrected chi connectivity index (χ0v) is 14.3. The van der Waals surface area contributed by atoms with Crippen molar-refractivity contribution in [2.24, 2.45) is 5.92 Å². The summed E-state index contributed by atoms with van der Waals surface area (Å²) < 4.78 is 13.4. The Morgan fingerprint density at radius 1 is 1.48 bits per heavy atom. The van der Waals surface area contributed by atoms with E-state index in [1.807, 2.05) is 0 Å². The maximum absolute atomic E-state index is 13.5. The van der Waals surface area contributed by atoms with Gasteiger partial charge in [0, 0.05) is 0 Å². The first-order valence-corrected chi connectivity index (χ1v) is 7.45. The molecular weight excluding hydrogens is 375 g/mol. The monoisotopic (exact) mass is 390 g/mol. The number of benzene rings is 1. The van der Waals surface area contributed by atoms with Crippen LogP contribution in [0, 0.1) is 21.8 Å². The number of carbonyl (C=O) groups excluding carboxylic acids is 1. The predicted molar refractivity (Wildman–Crippen MR) is 83.7 cm³/mol. The quantitative estimate of drug-likeness (QED) is 0.572. The number of hydrogen-bond donors (Lipinski definition) is 2. The second kappa shape index (κ2) is 7.03. The van der Waals surface area contributed by atoms with Crippen molar-refractivity contribution in [1.29, 1.82) is 0 Å². The second-order valence-corrected chi connectivity index (χ2v) is 6.43. The van der Waals surface area contributed by atoms with E-state index < -0.39 is 33.8 Å². The Labute approximate surface area is 140 Å². The Kier molecular flexibility index (Phi) is 5.81. The fourth-order valence-corrected chi connectivity index (χ4v) is 2.46. The Morgan fingerprint density at radius 3 is 2.48 bits per heavy atom. The minimum absolute atomic E-state index is 0.164. The van der Waals surface area contributed by atoms with Gasteiger partial charge in [-0.15, -0.1) is 0 Å². The maximum atomic E-state index is 13.5. The van der Waals surface area contributed by atoms with Gasteiger partial charge in [-0.05, 0) is 34.8 Å². The highest BCUT2D eigenvalue weighted by Gasteiger charge is 2.34. The number of carboxylic acid groups (broad SMARTS) is 1. The topological polar surface area (TPSA) is 110 Å². The number of hydrogen-bond acceptors (Lipinski definition) is 4. The number of halogens is 2. The first kappa shape index (κ1) is 19.0. The van der Waals surface area contributed by atoms with Crippen LogP contribution in [0.3, 0.4) is 0 Å². The normalized spacial score (nSPS) is 13.5. The van der Waals surface area contributed by atoms with Crippen molar-refractivity contribution < 1.29 is 24.0 Å². The largest absolute Gasteiger partial charge is 0.481 e. The third kappa shape index (κ3) is 4.47. The highest BCUT2D eigenvalue weighted by atomic mass is 79.9. The summed E-state index contributed by atoms with van der Waals surface area (Å²) in [5.74, 6) is -3.07. The van der Waals surface area contributed by atoms with E-state index in [-0.39, 0.29) is 22.4 Å². The molecule has 1 aromatic carbocycles. The van der Waals surface area contributed by atoms with Gasteiger partial charge in [-0.3, -0.25) is 19.7 Å². The average Bonchev–Trinajstić information content (AvgIpc) is 2.39. The van der Waals surface area contributed by atoms with Gasteiger partial charge in [0.2, 0.25) is 0 Å². The van der Waals surface area contributed by atoms with Crippen LogP contribution in [0.2, 0.25) is 0 Å². The maximum Gasteiger partial charge on any atom is 0.305 e. The lowest BCUT2D eigenvalue weighted by Crippen LogP contribution is -2.51. The molecule has 1 rings (SSSR count). The van der Waals surface area contributed by atoms with Gasteiger partial charge in [0.1, 0.15) is 10.3 Å². The van der Waals surface area contributed by atoms with Gasteiger partial charge in [0.05, 0.1) is 28.5 Å². The summed E-state index contributed by atoms with van der Waals surface area (Å²) in [7, 11) is 0. The van der Waals surface area contributed by atoms with Crippen molar-refractivity contribution in [2.75, 3.05) is 0 Å². The van der Waals surface area contributed by atoms with Gasteiger partial charge in [0.15, 0.2) is 0 Å². The van der Waals surface area contributed by atoms with Crippen molar-refractivity contribution in [2.45, 2.75) is 32.7 Å². The van der Waals surface area contributed by atoms with E-state index in [1.54, 1.807) is 20.8 Å². The Balaban J connectivity index is 3.24. The molecule has 0 spiro atoms. The lowest BCUT2D eigenvalue weighted by Gasteiger charge is -2.33. The van der Waals surface area contributed by atoms with Crippen molar-refractivity contribution in [1.82, 2.24) is 5.32 Å². The lowest BCUT2D eigenvalue weighted by molar-refractivity contribution is -0.385. The van der Waals surface area contributed by atoms with Crippen molar-refractivity contribution in [3.05, 3.63) is 38.1 Å². The molecule has 23 heavy (non-hydrogen) atoms. The molecule has 0 fully saturated rings. The summed E-state index contributed by atoms with van der Waals surface area (Å²) in [6, 6.07) is 1.55. The number of carbonyl (C=O) groups is 2. The highest BCUT2D eigenvalue weighted by molar-refractivity contribution is 9.10. The van der Waals surface area contributed by atoms with E-state index in [0.717, 1.165) is 6.07 Å². The summed E-state index contributed by atoms with van der Waals surface area (Å²) in [4.78, 5) is 33.4. The summed E-state index contributed by atoms with van der Waals surface area (Å²) in [6.07, 6.45) is -0.342. The van der Waals surface area contributed by atoms with Gasteiger partial charge in [-0.2, -0.15) is 0 Å². The van der Waals surface area contributed by atoms with E-state index in [0.29, 0.717) is 6.07 Å². The molecule has 0 aliphatic carbocycles. The second-order valence-electron chi connectivity index (χ2n) is 5.64. The smallest absolute Gasteiger partial charge is 0.305 e. The molecule has 0 heterocycles. The Morgan fingerprint density at radius 2 is 2.04 bits per heavy atom. The van der Waals surface area contributed by atoms with Gasteiger partial charge >= 0.3 is 5.97 Å². The Hall–Kier alpha value is -2.03. The molecule has 9 heteroatoms. The SMILES string of the molecule is CC(C)C(C)(CC(=O)O)NC(=O)c1cc(F)cc([N+](=O)[O-])c1Br. The van der Waals surface area contributed by atoms with Crippen LogP contribution in [-0.4, -0.2) is 27.4 Å². The number of carboxylic acids is 1. The molecule has 7 nitrogen and oxygen atoms in total. The third-order valence-corrected chi connectivity index (χ3v) is 4.48. The number of nitro benzene ring substituents is 1. The summed E-state index contributed by atoms with van der Waals surface area (Å²) in [5, 5.41) is 22.4. The number of amides is 1. The molecular formula is C14H16BrFN2O5. The van der Waals surface area contributed by atoms with Crippen molar-refractivity contribution >= 4 is 33.5 Å². The van der Waals surface area contributed by atoms with E-state index in [9.17, 15) is 24.1 Å².